The van der Waals surface area contributed by atoms with E-state index in [1.807, 2.05) is 24.3 Å². The van der Waals surface area contributed by atoms with E-state index in [2.05, 4.69) is 10.9 Å². The zero-order chi connectivity index (χ0) is 14.8. The molecular weight excluding hydrogens is 268 g/mol. The molecule has 2 unspecified atom stereocenters. The van der Waals surface area contributed by atoms with E-state index in [0.717, 1.165) is 23.4 Å². The summed E-state index contributed by atoms with van der Waals surface area (Å²) in [6.07, 6.45) is 0. The average molecular weight is 286 g/mol. The molecule has 0 radical (unpaired) electrons. The molecule has 1 fully saturated rings. The molecule has 2 aromatic rings. The fourth-order valence-corrected chi connectivity index (χ4v) is 2.75. The molecule has 110 valence electrons. The Morgan fingerprint density at radius 1 is 1.10 bits per heavy atom. The van der Waals surface area contributed by atoms with Crippen LogP contribution in [0.15, 0.2) is 42.5 Å². The largest absolute Gasteiger partial charge is 0.508 e. The summed E-state index contributed by atoms with van der Waals surface area (Å²) in [6, 6.07) is 12.6. The van der Waals surface area contributed by atoms with Crippen LogP contribution in [0.1, 0.15) is 23.1 Å². The van der Waals surface area contributed by atoms with Crippen LogP contribution in [0.25, 0.3) is 0 Å². The van der Waals surface area contributed by atoms with Gasteiger partial charge in [-0.15, -0.1) is 0 Å². The van der Waals surface area contributed by atoms with Crippen molar-refractivity contribution in [3.8, 4) is 17.2 Å². The molecule has 2 aromatic carbocycles. The second-order valence-electron chi connectivity index (χ2n) is 5.13. The van der Waals surface area contributed by atoms with Gasteiger partial charge in [0, 0.05) is 24.1 Å². The second-order valence-corrected chi connectivity index (χ2v) is 5.13. The second kappa shape index (κ2) is 5.63. The Hall–Kier alpha value is -2.24. The highest BCUT2D eigenvalue weighted by molar-refractivity contribution is 5.43. The lowest BCUT2D eigenvalue weighted by molar-refractivity contribution is 0.414. The molecule has 4 N–H and O–H groups in total. The van der Waals surface area contributed by atoms with Crippen LogP contribution in [0.2, 0.25) is 0 Å². The van der Waals surface area contributed by atoms with Crippen molar-refractivity contribution < 1.29 is 14.9 Å². The maximum absolute atomic E-state index is 10.1. The molecule has 0 bridgehead atoms. The van der Waals surface area contributed by atoms with Crippen LogP contribution in [0.5, 0.6) is 17.2 Å². The van der Waals surface area contributed by atoms with Crippen molar-refractivity contribution in [3.05, 3.63) is 53.6 Å². The van der Waals surface area contributed by atoms with E-state index in [-0.39, 0.29) is 23.5 Å². The Bertz CT molecular complexity index is 628. The third-order valence-corrected chi connectivity index (χ3v) is 3.87. The zero-order valence-electron chi connectivity index (χ0n) is 11.7. The molecule has 1 aliphatic rings. The summed E-state index contributed by atoms with van der Waals surface area (Å²) in [4.78, 5) is 0. The lowest BCUT2D eigenvalue weighted by Crippen LogP contribution is -2.24. The molecule has 0 saturated carbocycles. The molecule has 3 rings (SSSR count). The summed E-state index contributed by atoms with van der Waals surface area (Å²) in [5.74, 6) is 1.16. The summed E-state index contributed by atoms with van der Waals surface area (Å²) in [5.41, 5.74) is 8.24. The van der Waals surface area contributed by atoms with E-state index in [9.17, 15) is 10.2 Å². The van der Waals surface area contributed by atoms with Gasteiger partial charge in [0.2, 0.25) is 0 Å². The number of hydrogen-bond acceptors (Lipinski definition) is 5. The minimum absolute atomic E-state index is 0.0565. The molecule has 1 heterocycles. The number of methoxy groups -OCH3 is 1. The summed E-state index contributed by atoms with van der Waals surface area (Å²) < 4.78 is 5.18. The predicted molar refractivity (Wildman–Crippen MR) is 79.4 cm³/mol. The lowest BCUT2D eigenvalue weighted by atomic mass is 9.88. The minimum Gasteiger partial charge on any atom is -0.508 e. The molecule has 5 heteroatoms. The van der Waals surface area contributed by atoms with Crippen LogP contribution in [0.4, 0.5) is 0 Å². The number of rotatable bonds is 3. The van der Waals surface area contributed by atoms with E-state index < -0.39 is 0 Å². The van der Waals surface area contributed by atoms with Crippen molar-refractivity contribution in [2.24, 2.45) is 0 Å². The van der Waals surface area contributed by atoms with E-state index >= 15 is 0 Å². The summed E-state index contributed by atoms with van der Waals surface area (Å²) in [5, 5.41) is 19.5. The van der Waals surface area contributed by atoms with Crippen LogP contribution in [-0.4, -0.2) is 23.9 Å². The molecule has 0 aromatic heterocycles. The molecule has 5 nitrogen and oxygen atoms in total. The maximum atomic E-state index is 10.1. The first-order chi connectivity index (χ1) is 10.2. The van der Waals surface area contributed by atoms with Crippen molar-refractivity contribution in [1.82, 2.24) is 10.9 Å². The first kappa shape index (κ1) is 13.7. The van der Waals surface area contributed by atoms with Crippen molar-refractivity contribution in [2.75, 3.05) is 13.7 Å². The fourth-order valence-electron chi connectivity index (χ4n) is 2.75. The number of ether oxygens (including phenoxy) is 1. The van der Waals surface area contributed by atoms with Crippen molar-refractivity contribution in [3.63, 3.8) is 0 Å². The van der Waals surface area contributed by atoms with Crippen molar-refractivity contribution >= 4 is 0 Å². The summed E-state index contributed by atoms with van der Waals surface area (Å²) >= 11 is 0. The van der Waals surface area contributed by atoms with Crippen LogP contribution in [0.3, 0.4) is 0 Å². The molecule has 1 aliphatic heterocycles. The van der Waals surface area contributed by atoms with Gasteiger partial charge in [0.05, 0.1) is 13.2 Å². The minimum atomic E-state index is -0.0565. The maximum Gasteiger partial charge on any atom is 0.124 e. The standard InChI is InChI=1S/C16H18N2O3/c1-21-12-5-2-10(3-6-12)14-9-17-18-16(14)13-7-4-11(19)8-15(13)20/h2-8,14,16-20H,9H2,1H3. The number of nitrogens with one attached hydrogen (secondary N) is 2. The first-order valence-corrected chi connectivity index (χ1v) is 6.83. The zero-order valence-corrected chi connectivity index (χ0v) is 11.7. The highest BCUT2D eigenvalue weighted by Gasteiger charge is 2.31. The molecule has 0 spiro atoms. The number of phenols is 2. The van der Waals surface area contributed by atoms with E-state index in [0.29, 0.717) is 0 Å². The van der Waals surface area contributed by atoms with Gasteiger partial charge in [-0.3, -0.25) is 5.43 Å². The van der Waals surface area contributed by atoms with Gasteiger partial charge in [0.15, 0.2) is 0 Å². The molecular formula is C16H18N2O3. The van der Waals surface area contributed by atoms with Gasteiger partial charge < -0.3 is 14.9 Å². The number of benzene rings is 2. The highest BCUT2D eigenvalue weighted by atomic mass is 16.5. The van der Waals surface area contributed by atoms with E-state index in [4.69, 9.17) is 4.74 Å². The number of phenolic OH excluding ortho intramolecular Hbond substituents is 2. The number of aromatic hydroxyl groups is 2. The third-order valence-electron chi connectivity index (χ3n) is 3.87. The Balaban J connectivity index is 1.91. The van der Waals surface area contributed by atoms with Gasteiger partial charge in [-0.1, -0.05) is 18.2 Å². The first-order valence-electron chi connectivity index (χ1n) is 6.83. The van der Waals surface area contributed by atoms with Gasteiger partial charge in [0.25, 0.3) is 0 Å². The monoisotopic (exact) mass is 286 g/mol. The molecule has 21 heavy (non-hydrogen) atoms. The molecule has 2 atom stereocenters. The molecule has 0 amide bonds. The molecule has 0 aliphatic carbocycles. The number of hydrogen-bond donors (Lipinski definition) is 4. The third kappa shape index (κ3) is 2.66. The predicted octanol–water partition coefficient (Wildman–Crippen LogP) is 2.04. The van der Waals surface area contributed by atoms with Crippen molar-refractivity contribution in [2.45, 2.75) is 12.0 Å². The quantitative estimate of drug-likeness (QED) is 0.695. The van der Waals surface area contributed by atoms with Gasteiger partial charge in [-0.2, -0.15) is 0 Å². The Morgan fingerprint density at radius 3 is 2.52 bits per heavy atom. The summed E-state index contributed by atoms with van der Waals surface area (Å²) in [7, 11) is 1.64. The Morgan fingerprint density at radius 2 is 1.86 bits per heavy atom. The van der Waals surface area contributed by atoms with Gasteiger partial charge in [0.1, 0.15) is 17.2 Å². The normalized spacial score (nSPS) is 21.4. The van der Waals surface area contributed by atoms with E-state index in [1.54, 1.807) is 19.2 Å². The van der Waals surface area contributed by atoms with Crippen LogP contribution < -0.4 is 15.6 Å². The van der Waals surface area contributed by atoms with Gasteiger partial charge in [-0.25, -0.2) is 5.43 Å². The van der Waals surface area contributed by atoms with E-state index in [1.165, 1.54) is 6.07 Å². The summed E-state index contributed by atoms with van der Waals surface area (Å²) in [6.45, 7) is 0.761. The van der Waals surface area contributed by atoms with Crippen LogP contribution in [-0.2, 0) is 0 Å². The Kier molecular flexibility index (Phi) is 3.68. The van der Waals surface area contributed by atoms with Gasteiger partial charge >= 0.3 is 0 Å². The average Bonchev–Trinajstić information content (AvgIpc) is 2.96. The molecule has 1 saturated heterocycles. The van der Waals surface area contributed by atoms with Crippen molar-refractivity contribution in [1.29, 1.82) is 0 Å². The fraction of sp³-hybridized carbons (Fsp3) is 0.250. The van der Waals surface area contributed by atoms with Crippen LogP contribution in [0, 0.1) is 0 Å². The van der Waals surface area contributed by atoms with Gasteiger partial charge in [-0.05, 0) is 23.8 Å². The SMILES string of the molecule is COc1ccc(C2CNNC2c2ccc(O)cc2O)cc1. The Labute approximate surface area is 123 Å². The highest BCUT2D eigenvalue weighted by Crippen LogP contribution is 2.38. The smallest absolute Gasteiger partial charge is 0.124 e. The number of hydrazine groups is 1. The van der Waals surface area contributed by atoms with Crippen LogP contribution >= 0.6 is 0 Å². The lowest BCUT2D eigenvalue weighted by Gasteiger charge is -2.20. The topological polar surface area (TPSA) is 73.8 Å².